The first-order valence-corrected chi connectivity index (χ1v) is 12.9. The highest BCUT2D eigenvalue weighted by atomic mass is 16.5. The number of amides is 1. The fourth-order valence-corrected chi connectivity index (χ4v) is 6.17. The molecule has 3 aliphatic rings. The Bertz CT molecular complexity index is 1460. The molecule has 1 aromatic heterocycles. The van der Waals surface area contributed by atoms with Gasteiger partial charge < -0.3 is 19.5 Å². The molecule has 0 saturated carbocycles. The van der Waals surface area contributed by atoms with Gasteiger partial charge in [-0.05, 0) is 36.1 Å². The molecule has 7 rings (SSSR count). The van der Waals surface area contributed by atoms with Gasteiger partial charge in [0.1, 0.15) is 11.8 Å². The lowest BCUT2D eigenvalue weighted by atomic mass is 9.99. The zero-order valence-corrected chi connectivity index (χ0v) is 20.2. The number of ether oxygens (including phenoxy) is 1. The first kappa shape index (κ1) is 21.3. The lowest BCUT2D eigenvalue weighted by Gasteiger charge is -2.45. The van der Waals surface area contributed by atoms with Gasteiger partial charge in [-0.2, -0.15) is 0 Å². The summed E-state index contributed by atoms with van der Waals surface area (Å²) in [5, 5.41) is 1.11. The number of H-pyrrole nitrogens is 1. The van der Waals surface area contributed by atoms with Gasteiger partial charge in [-0.3, -0.25) is 4.79 Å². The molecular formula is C31H29N3O2. The minimum atomic E-state index is -0.200. The van der Waals surface area contributed by atoms with Crippen molar-refractivity contribution in [3.63, 3.8) is 0 Å². The minimum Gasteiger partial charge on any atom is -0.457 e. The molecule has 180 valence electrons. The molecule has 1 N–H and O–H groups in total. The normalized spacial score (nSPS) is 20.5. The molecule has 36 heavy (non-hydrogen) atoms. The van der Waals surface area contributed by atoms with Gasteiger partial charge in [-0.15, -0.1) is 0 Å². The van der Waals surface area contributed by atoms with E-state index in [2.05, 4.69) is 87.6 Å². The van der Waals surface area contributed by atoms with E-state index in [0.29, 0.717) is 13.0 Å². The number of nitrogens with zero attached hydrogens (tertiary/aromatic N) is 2. The van der Waals surface area contributed by atoms with Gasteiger partial charge >= 0.3 is 0 Å². The number of nitrogens with one attached hydrogen (secondary N) is 1. The number of rotatable bonds is 6. The summed E-state index contributed by atoms with van der Waals surface area (Å²) >= 11 is 0. The van der Waals surface area contributed by atoms with E-state index in [4.69, 9.17) is 4.74 Å². The summed E-state index contributed by atoms with van der Waals surface area (Å²) < 4.78 is 6.68. The molecule has 5 nitrogen and oxygen atoms in total. The molecule has 2 bridgehead atoms. The minimum absolute atomic E-state index is 0.0468. The van der Waals surface area contributed by atoms with E-state index in [-0.39, 0.29) is 18.0 Å². The Morgan fingerprint density at radius 2 is 1.58 bits per heavy atom. The summed E-state index contributed by atoms with van der Waals surface area (Å²) in [5.41, 5.74) is 5.88. The van der Waals surface area contributed by atoms with E-state index in [0.717, 1.165) is 59.6 Å². The summed E-state index contributed by atoms with van der Waals surface area (Å²) in [5.74, 6) is 2.09. The number of benzene rings is 3. The topological polar surface area (TPSA) is 48.6 Å². The van der Waals surface area contributed by atoms with E-state index in [9.17, 15) is 4.79 Å². The van der Waals surface area contributed by atoms with E-state index in [1.807, 2.05) is 12.1 Å². The second-order valence-corrected chi connectivity index (χ2v) is 10.1. The predicted octanol–water partition coefficient (Wildman–Crippen LogP) is 5.61. The molecule has 4 heterocycles. The third-order valence-corrected chi connectivity index (χ3v) is 7.87. The van der Waals surface area contributed by atoms with Crippen molar-refractivity contribution in [3.05, 3.63) is 113 Å². The molecule has 1 saturated heterocycles. The van der Waals surface area contributed by atoms with Crippen LogP contribution < -0.4 is 4.74 Å². The van der Waals surface area contributed by atoms with Gasteiger partial charge in [0.25, 0.3) is 0 Å². The molecule has 1 amide bonds. The van der Waals surface area contributed by atoms with Gasteiger partial charge in [0.05, 0.1) is 17.4 Å². The highest BCUT2D eigenvalue weighted by Gasteiger charge is 2.50. The fraction of sp³-hybridized carbons (Fsp3) is 0.258. The highest BCUT2D eigenvalue weighted by molar-refractivity contribution is 5.90. The second-order valence-electron chi connectivity index (χ2n) is 10.1. The van der Waals surface area contributed by atoms with Gasteiger partial charge in [0, 0.05) is 36.8 Å². The maximum atomic E-state index is 13.8. The summed E-state index contributed by atoms with van der Waals surface area (Å²) in [6.45, 7) is 1.44. The maximum absolute atomic E-state index is 13.8. The summed E-state index contributed by atoms with van der Waals surface area (Å²) in [6, 6.07) is 29.2. The van der Waals surface area contributed by atoms with Crippen LogP contribution in [-0.4, -0.2) is 39.8 Å². The summed E-state index contributed by atoms with van der Waals surface area (Å²) in [4.78, 5) is 21.9. The van der Waals surface area contributed by atoms with Crippen molar-refractivity contribution in [2.24, 2.45) is 0 Å². The van der Waals surface area contributed by atoms with Crippen molar-refractivity contribution in [2.75, 3.05) is 13.1 Å². The molecule has 3 aliphatic heterocycles. The molecule has 0 radical (unpaired) electrons. The first-order valence-electron chi connectivity index (χ1n) is 12.9. The van der Waals surface area contributed by atoms with Crippen LogP contribution in [-0.2, 0) is 17.6 Å². The van der Waals surface area contributed by atoms with Gasteiger partial charge in [0.2, 0.25) is 5.91 Å². The number of hydrogen-bond donors (Lipinski definition) is 1. The van der Waals surface area contributed by atoms with Crippen LogP contribution in [0.25, 0.3) is 10.9 Å². The number of hydrogen-bond acceptors (Lipinski definition) is 3. The number of allylic oxidation sites excluding steroid dienone is 1. The zero-order chi connectivity index (χ0) is 24.1. The smallest absolute Gasteiger partial charge is 0.245 e. The number of fused-ring (bicyclic) bond motifs is 4. The molecule has 0 aliphatic carbocycles. The van der Waals surface area contributed by atoms with Crippen molar-refractivity contribution in [2.45, 2.75) is 37.8 Å². The predicted molar refractivity (Wildman–Crippen MR) is 140 cm³/mol. The van der Waals surface area contributed by atoms with E-state index < -0.39 is 0 Å². The van der Waals surface area contributed by atoms with E-state index in [1.165, 1.54) is 11.1 Å². The van der Waals surface area contributed by atoms with Gasteiger partial charge in [-0.25, -0.2) is 0 Å². The maximum Gasteiger partial charge on any atom is 0.245 e. The van der Waals surface area contributed by atoms with Gasteiger partial charge in [0.15, 0.2) is 5.75 Å². The van der Waals surface area contributed by atoms with E-state index >= 15 is 0 Å². The molecule has 0 spiro atoms. The molecular weight excluding hydrogens is 446 g/mol. The van der Waals surface area contributed by atoms with Crippen LogP contribution in [0.15, 0.2) is 96.4 Å². The standard InChI is InChI=1S/C31H29N3O2/c35-31-26-19-28-25(18-22-12-5-2-6-13-22)34(26)27(20-33(31)17-9-14-21-10-3-1-4-11-21)29-30(36-28)23-15-7-8-16-24(23)32-29/h1-8,10-13,15-16,26-27,32H,9,14,17-20H2/t26-,27-/m0/s1. The highest BCUT2D eigenvalue weighted by Crippen LogP contribution is 2.50. The van der Waals surface area contributed by atoms with E-state index in [1.54, 1.807) is 0 Å². The van der Waals surface area contributed by atoms with Gasteiger partial charge in [-0.1, -0.05) is 72.8 Å². The van der Waals surface area contributed by atoms with Crippen molar-refractivity contribution in [1.29, 1.82) is 0 Å². The Hall–Kier alpha value is -3.99. The van der Waals surface area contributed by atoms with Crippen molar-refractivity contribution in [1.82, 2.24) is 14.8 Å². The van der Waals surface area contributed by atoms with Crippen LogP contribution >= 0.6 is 0 Å². The number of aryl methyl sites for hydroxylation is 1. The fourth-order valence-electron chi connectivity index (χ4n) is 6.17. The molecule has 5 heteroatoms. The zero-order valence-electron chi connectivity index (χ0n) is 20.2. The Labute approximate surface area is 211 Å². The quantitative estimate of drug-likeness (QED) is 0.395. The first-order chi connectivity index (χ1) is 17.8. The summed E-state index contributed by atoms with van der Waals surface area (Å²) in [7, 11) is 0. The number of aromatic nitrogens is 1. The van der Waals surface area contributed by atoms with Crippen LogP contribution in [0.4, 0.5) is 0 Å². The van der Waals surface area contributed by atoms with Crippen molar-refractivity contribution in [3.8, 4) is 5.75 Å². The number of piperazine rings is 1. The average molecular weight is 476 g/mol. The largest absolute Gasteiger partial charge is 0.457 e. The second kappa shape index (κ2) is 8.59. The number of carbonyl (C=O) groups is 1. The lowest BCUT2D eigenvalue weighted by Crippen LogP contribution is -2.56. The van der Waals surface area contributed by atoms with Crippen LogP contribution in [0, 0.1) is 0 Å². The van der Waals surface area contributed by atoms with Crippen molar-refractivity contribution >= 4 is 16.8 Å². The van der Waals surface area contributed by atoms with Crippen LogP contribution in [0.1, 0.15) is 35.7 Å². The number of aromatic amines is 1. The van der Waals surface area contributed by atoms with Crippen LogP contribution in [0.3, 0.4) is 0 Å². The SMILES string of the molecule is O=C1[C@@H]2CC3=C(Cc4ccccc4)N2[C@@H](CN1CCCc1ccccc1)c1[nH]c2ccccc2c1O3. The number of para-hydroxylation sites is 1. The Balaban J connectivity index is 1.24. The summed E-state index contributed by atoms with van der Waals surface area (Å²) in [6.07, 6.45) is 3.34. The average Bonchev–Trinajstić information content (AvgIpc) is 3.42. The molecule has 3 aromatic carbocycles. The Kier molecular flexibility index (Phi) is 5.09. The van der Waals surface area contributed by atoms with Crippen LogP contribution in [0.5, 0.6) is 5.75 Å². The number of carbonyl (C=O) groups excluding carboxylic acids is 1. The third kappa shape index (κ3) is 3.49. The Morgan fingerprint density at radius 1 is 0.861 bits per heavy atom. The molecule has 2 atom stereocenters. The molecule has 0 unspecified atom stereocenters. The molecule has 4 aromatic rings. The van der Waals surface area contributed by atoms with Crippen LogP contribution in [0.2, 0.25) is 0 Å². The molecule has 1 fully saturated rings. The monoisotopic (exact) mass is 475 g/mol. The third-order valence-electron chi connectivity index (χ3n) is 7.87. The Morgan fingerprint density at radius 3 is 2.39 bits per heavy atom. The van der Waals surface area contributed by atoms with Crippen molar-refractivity contribution < 1.29 is 9.53 Å². The lowest BCUT2D eigenvalue weighted by molar-refractivity contribution is -0.143.